The van der Waals surface area contributed by atoms with Crippen molar-refractivity contribution in [2.45, 2.75) is 20.3 Å². The van der Waals surface area contributed by atoms with Gasteiger partial charge in [0, 0.05) is 29.6 Å². The Kier molecular flexibility index (Phi) is 10.1. The monoisotopic (exact) mass is 412 g/mol. The highest BCUT2D eigenvalue weighted by Crippen LogP contribution is 2.48. The predicted octanol–water partition coefficient (Wildman–Crippen LogP) is 4.88. The second-order valence-electron chi connectivity index (χ2n) is 6.38. The van der Waals surface area contributed by atoms with E-state index in [0.29, 0.717) is 25.8 Å². The molecule has 1 unspecified atom stereocenters. The normalized spacial score (nSPS) is 29.1. The van der Waals surface area contributed by atoms with Gasteiger partial charge in [-0.15, -0.1) is 0 Å². The highest BCUT2D eigenvalue weighted by Gasteiger charge is 2.51. The van der Waals surface area contributed by atoms with Gasteiger partial charge in [0.15, 0.2) is 11.6 Å². The Hall–Kier alpha value is -2.02. The van der Waals surface area contributed by atoms with Gasteiger partial charge in [0.05, 0.1) is 18.4 Å². The molecule has 154 valence electrons. The molecule has 4 nitrogen and oxygen atoms in total. The summed E-state index contributed by atoms with van der Waals surface area (Å²) in [6.07, 6.45) is 11.1. The van der Waals surface area contributed by atoms with Gasteiger partial charge in [0.2, 0.25) is 0 Å². The van der Waals surface area contributed by atoms with Crippen molar-refractivity contribution in [1.82, 2.24) is 5.01 Å². The van der Waals surface area contributed by atoms with Crippen LogP contribution in [-0.2, 0) is 9.53 Å². The first-order chi connectivity index (χ1) is 13.4. The second-order valence-corrected chi connectivity index (χ2v) is 6.82. The van der Waals surface area contributed by atoms with Crippen molar-refractivity contribution in [3.8, 4) is 0 Å². The van der Waals surface area contributed by atoms with Gasteiger partial charge in [-0.3, -0.25) is 5.84 Å². The van der Waals surface area contributed by atoms with Crippen molar-refractivity contribution in [1.29, 1.82) is 0 Å². The topological polar surface area (TPSA) is 55.6 Å². The summed E-state index contributed by atoms with van der Waals surface area (Å²) >= 11 is 5.57. The van der Waals surface area contributed by atoms with Crippen LogP contribution in [0.25, 0.3) is 0 Å². The molecule has 0 radical (unpaired) electrons. The second kappa shape index (κ2) is 11.7. The first-order valence-corrected chi connectivity index (χ1v) is 9.31. The van der Waals surface area contributed by atoms with Crippen LogP contribution in [0.2, 0.25) is 0 Å². The molecule has 2 N–H and O–H groups in total. The van der Waals surface area contributed by atoms with E-state index in [1.165, 1.54) is 12.2 Å². The summed E-state index contributed by atoms with van der Waals surface area (Å²) < 4.78 is 32.7. The van der Waals surface area contributed by atoms with Gasteiger partial charge in [0.1, 0.15) is 6.29 Å². The van der Waals surface area contributed by atoms with Crippen LogP contribution >= 0.6 is 11.6 Å². The lowest BCUT2D eigenvalue weighted by Crippen LogP contribution is -2.55. The predicted molar refractivity (Wildman–Crippen MR) is 109 cm³/mol. The molecule has 0 aromatic carbocycles. The van der Waals surface area contributed by atoms with E-state index in [2.05, 4.69) is 6.58 Å². The SMILES string of the molecule is C=C/C=C\C(Cl)=C/C.C\C=C/C(F)=C1/OC[C@H]2CN(N)CCC2(C=O)/C1=C/F. The molecule has 2 aliphatic heterocycles. The number of ether oxygens (including phenoxy) is 1. The van der Waals surface area contributed by atoms with E-state index in [9.17, 15) is 13.6 Å². The molecule has 2 aliphatic rings. The highest BCUT2D eigenvalue weighted by molar-refractivity contribution is 6.31. The zero-order chi connectivity index (χ0) is 21.2. The van der Waals surface area contributed by atoms with E-state index in [1.54, 1.807) is 30.2 Å². The summed E-state index contributed by atoms with van der Waals surface area (Å²) in [5, 5.41) is 2.31. The molecule has 0 aromatic rings. The van der Waals surface area contributed by atoms with Crippen LogP contribution in [0.1, 0.15) is 20.3 Å². The summed E-state index contributed by atoms with van der Waals surface area (Å²) in [4.78, 5) is 11.6. The Labute approximate surface area is 170 Å². The van der Waals surface area contributed by atoms with Gasteiger partial charge in [-0.2, -0.15) is 0 Å². The molecule has 2 rings (SSSR count). The fourth-order valence-electron chi connectivity index (χ4n) is 3.14. The number of halogens is 3. The minimum atomic E-state index is -1.06. The number of fused-ring (bicyclic) bond motifs is 1. The van der Waals surface area contributed by atoms with Gasteiger partial charge in [-0.1, -0.05) is 42.5 Å². The Morgan fingerprint density at radius 1 is 1.43 bits per heavy atom. The van der Waals surface area contributed by atoms with Crippen molar-refractivity contribution >= 4 is 17.9 Å². The number of nitrogens with two attached hydrogens (primary N) is 1. The van der Waals surface area contributed by atoms with E-state index in [-0.39, 0.29) is 30.2 Å². The van der Waals surface area contributed by atoms with Crippen LogP contribution < -0.4 is 5.84 Å². The van der Waals surface area contributed by atoms with Gasteiger partial charge < -0.3 is 9.53 Å². The summed E-state index contributed by atoms with van der Waals surface area (Å²) in [6, 6.07) is 0. The fourth-order valence-corrected chi connectivity index (χ4v) is 3.22. The van der Waals surface area contributed by atoms with E-state index in [0.717, 1.165) is 5.03 Å². The van der Waals surface area contributed by atoms with Crippen LogP contribution in [0.3, 0.4) is 0 Å². The van der Waals surface area contributed by atoms with Gasteiger partial charge >= 0.3 is 0 Å². The third-order valence-electron chi connectivity index (χ3n) is 4.69. The minimum absolute atomic E-state index is 0.0209. The Morgan fingerprint density at radius 3 is 2.68 bits per heavy atom. The molecule has 0 spiro atoms. The van der Waals surface area contributed by atoms with Gasteiger partial charge in [-0.25, -0.2) is 13.8 Å². The molecule has 2 atom stereocenters. The Bertz CT molecular complexity index is 713. The summed E-state index contributed by atoms with van der Waals surface area (Å²) in [5.41, 5.74) is -1.08. The highest BCUT2D eigenvalue weighted by atomic mass is 35.5. The number of hydrogen-bond donors (Lipinski definition) is 1. The third kappa shape index (κ3) is 5.74. The Morgan fingerprint density at radius 2 is 2.14 bits per heavy atom. The van der Waals surface area contributed by atoms with Crippen molar-refractivity contribution in [3.63, 3.8) is 0 Å². The zero-order valence-corrected chi connectivity index (χ0v) is 17.0. The number of hydrogen-bond acceptors (Lipinski definition) is 4. The number of hydrazine groups is 1. The molecule has 0 aromatic heterocycles. The van der Waals surface area contributed by atoms with E-state index < -0.39 is 11.2 Å². The standard InChI is InChI=1S/C14H18F2N2O2.C7H9Cl/c1-2-3-12(16)13-11(6-15)14(9-19)4-5-18(17)7-10(14)8-20-13;1-3-5-6-7(8)4-2/h2-3,6,9-10H,4-5,7-8,17H2,1H3;3-6H,1H2,2H3/b3-2-,11-6+,13-12-;6-5-,7-4+/t10-,14?;/m1./s1. The minimum Gasteiger partial charge on any atom is -0.490 e. The molecular weight excluding hydrogens is 386 g/mol. The van der Waals surface area contributed by atoms with Crippen molar-refractivity contribution in [3.05, 3.63) is 71.6 Å². The molecule has 28 heavy (non-hydrogen) atoms. The van der Waals surface area contributed by atoms with E-state index in [4.69, 9.17) is 22.2 Å². The first-order valence-electron chi connectivity index (χ1n) is 8.93. The lowest BCUT2D eigenvalue weighted by molar-refractivity contribution is -0.124. The Balaban J connectivity index is 0.000000416. The molecule has 2 fully saturated rings. The van der Waals surface area contributed by atoms with Crippen LogP contribution in [0.15, 0.2) is 71.6 Å². The largest absolute Gasteiger partial charge is 0.490 e. The van der Waals surface area contributed by atoms with Gasteiger partial charge in [-0.05, 0) is 32.4 Å². The fraction of sp³-hybridized carbons (Fsp3) is 0.381. The smallest absolute Gasteiger partial charge is 0.165 e. The van der Waals surface area contributed by atoms with Crippen molar-refractivity contribution in [2.75, 3.05) is 19.7 Å². The average molecular weight is 413 g/mol. The lowest BCUT2D eigenvalue weighted by Gasteiger charge is -2.47. The molecule has 2 saturated heterocycles. The summed E-state index contributed by atoms with van der Waals surface area (Å²) in [6.45, 7) is 8.03. The van der Waals surface area contributed by atoms with Gasteiger partial charge in [0.25, 0.3) is 0 Å². The number of nitrogens with zero attached hydrogens (tertiary/aromatic N) is 1. The van der Waals surface area contributed by atoms with Crippen molar-refractivity contribution < 1.29 is 18.3 Å². The number of aldehydes is 1. The molecule has 0 saturated carbocycles. The molecular formula is C21H27ClF2N2O2. The number of allylic oxidation sites excluding steroid dienone is 9. The van der Waals surface area contributed by atoms with E-state index >= 15 is 0 Å². The maximum Gasteiger partial charge on any atom is 0.165 e. The molecule has 7 heteroatoms. The quantitative estimate of drug-likeness (QED) is 0.406. The van der Waals surface area contributed by atoms with Crippen LogP contribution in [0.5, 0.6) is 0 Å². The third-order valence-corrected chi connectivity index (χ3v) is 5.03. The zero-order valence-electron chi connectivity index (χ0n) is 16.2. The number of carbonyl (C=O) groups excluding carboxylic acids is 1. The van der Waals surface area contributed by atoms with Crippen molar-refractivity contribution in [2.24, 2.45) is 17.2 Å². The maximum absolute atomic E-state index is 14.0. The van der Waals surface area contributed by atoms with Crippen LogP contribution in [0, 0.1) is 11.3 Å². The molecule has 0 bridgehead atoms. The van der Waals surface area contributed by atoms with E-state index in [1.807, 2.05) is 13.0 Å². The lowest BCUT2D eigenvalue weighted by atomic mass is 9.65. The summed E-state index contributed by atoms with van der Waals surface area (Å²) in [5.74, 6) is 4.60. The van der Waals surface area contributed by atoms with Crippen LogP contribution in [0.4, 0.5) is 8.78 Å². The number of carbonyl (C=O) groups is 1. The number of rotatable bonds is 4. The summed E-state index contributed by atoms with van der Waals surface area (Å²) in [7, 11) is 0. The molecule has 2 heterocycles. The molecule has 0 amide bonds. The van der Waals surface area contributed by atoms with Crippen LogP contribution in [-0.4, -0.2) is 31.0 Å². The average Bonchev–Trinajstić information content (AvgIpc) is 2.71. The first kappa shape index (κ1) is 24.0. The maximum atomic E-state index is 14.0. The number of piperidine rings is 1. The molecule has 0 aliphatic carbocycles.